The summed E-state index contributed by atoms with van der Waals surface area (Å²) in [6.07, 6.45) is 0. The summed E-state index contributed by atoms with van der Waals surface area (Å²) in [4.78, 5) is 14.2. The summed E-state index contributed by atoms with van der Waals surface area (Å²) >= 11 is 3.06. The Morgan fingerprint density at radius 1 is 1.24 bits per heavy atom. The number of H-pyrrole nitrogens is 1. The van der Waals surface area contributed by atoms with Crippen LogP contribution in [0.4, 0.5) is 5.82 Å². The van der Waals surface area contributed by atoms with Crippen LogP contribution in [0.15, 0.2) is 46.7 Å². The van der Waals surface area contributed by atoms with Crippen molar-refractivity contribution in [3.63, 3.8) is 0 Å². The van der Waals surface area contributed by atoms with Crippen molar-refractivity contribution in [2.75, 3.05) is 24.3 Å². The lowest BCUT2D eigenvalue weighted by molar-refractivity contribution is -0.113. The highest BCUT2D eigenvalue weighted by Crippen LogP contribution is 2.34. The van der Waals surface area contributed by atoms with E-state index in [1.807, 2.05) is 41.8 Å². The van der Waals surface area contributed by atoms with Gasteiger partial charge in [-0.25, -0.2) is 0 Å². The Labute approximate surface area is 152 Å². The molecule has 1 aromatic carbocycles. The van der Waals surface area contributed by atoms with E-state index in [2.05, 4.69) is 15.5 Å². The first kappa shape index (κ1) is 16.0. The molecule has 8 heteroatoms. The maximum absolute atomic E-state index is 12.1. The third-order valence-electron chi connectivity index (χ3n) is 3.52. The van der Waals surface area contributed by atoms with Gasteiger partial charge in [0, 0.05) is 11.0 Å². The van der Waals surface area contributed by atoms with Crippen LogP contribution in [0.5, 0.6) is 11.5 Å². The van der Waals surface area contributed by atoms with Crippen molar-refractivity contribution in [3.8, 4) is 22.1 Å². The third-order valence-corrected chi connectivity index (χ3v) is 5.41. The zero-order chi connectivity index (χ0) is 17.1. The fraction of sp³-hybridized carbons (Fsp3) is 0.176. The molecule has 0 spiro atoms. The van der Waals surface area contributed by atoms with Gasteiger partial charge in [-0.3, -0.25) is 9.89 Å². The van der Waals surface area contributed by atoms with Crippen molar-refractivity contribution in [2.45, 2.75) is 4.90 Å². The number of benzene rings is 1. The Morgan fingerprint density at radius 2 is 2.12 bits per heavy atom. The number of fused-ring (bicyclic) bond motifs is 1. The van der Waals surface area contributed by atoms with Crippen molar-refractivity contribution in [1.29, 1.82) is 0 Å². The number of nitrogens with zero attached hydrogens (tertiary/aromatic N) is 1. The molecule has 0 fully saturated rings. The smallest absolute Gasteiger partial charge is 0.235 e. The van der Waals surface area contributed by atoms with E-state index in [1.54, 1.807) is 11.3 Å². The van der Waals surface area contributed by atoms with E-state index in [0.717, 1.165) is 27.0 Å². The minimum atomic E-state index is -0.107. The summed E-state index contributed by atoms with van der Waals surface area (Å²) in [6.45, 7) is 1.12. The second kappa shape index (κ2) is 7.20. The van der Waals surface area contributed by atoms with Crippen LogP contribution in [0.2, 0.25) is 0 Å². The number of carbonyl (C=O) groups is 1. The molecule has 2 N–H and O–H groups in total. The number of nitrogens with one attached hydrogen (secondary N) is 2. The Bertz CT molecular complexity index is 877. The van der Waals surface area contributed by atoms with E-state index in [4.69, 9.17) is 9.47 Å². The molecular weight excluding hydrogens is 358 g/mol. The predicted molar refractivity (Wildman–Crippen MR) is 98.7 cm³/mol. The highest BCUT2D eigenvalue weighted by Gasteiger charge is 2.13. The number of thiophene rings is 1. The van der Waals surface area contributed by atoms with Gasteiger partial charge in [-0.2, -0.15) is 5.10 Å². The number of aromatic nitrogens is 2. The number of thioether (sulfide) groups is 1. The van der Waals surface area contributed by atoms with Crippen LogP contribution in [-0.4, -0.2) is 35.1 Å². The molecule has 3 aromatic rings. The molecule has 0 bridgehead atoms. The van der Waals surface area contributed by atoms with Crippen molar-refractivity contribution < 1.29 is 14.3 Å². The number of hydrogen-bond acceptors (Lipinski definition) is 6. The van der Waals surface area contributed by atoms with Crippen LogP contribution in [0, 0.1) is 0 Å². The lowest BCUT2D eigenvalue weighted by Gasteiger charge is -2.18. The van der Waals surface area contributed by atoms with Crippen molar-refractivity contribution in [1.82, 2.24) is 10.2 Å². The molecule has 2 aromatic heterocycles. The molecule has 128 valence electrons. The first-order valence-electron chi connectivity index (χ1n) is 7.69. The highest BCUT2D eigenvalue weighted by molar-refractivity contribution is 8.00. The topological polar surface area (TPSA) is 76.2 Å². The number of ether oxygens (including phenoxy) is 2. The summed E-state index contributed by atoms with van der Waals surface area (Å²) in [7, 11) is 0. The Balaban J connectivity index is 1.33. The molecular formula is C17H15N3O3S2. The van der Waals surface area contributed by atoms with E-state index < -0.39 is 0 Å². The number of anilines is 1. The van der Waals surface area contributed by atoms with Crippen LogP contribution in [-0.2, 0) is 4.79 Å². The van der Waals surface area contributed by atoms with E-state index in [1.165, 1.54) is 11.8 Å². The van der Waals surface area contributed by atoms with Crippen LogP contribution in [0.25, 0.3) is 10.6 Å². The maximum atomic E-state index is 12.1. The second-order valence-electron chi connectivity index (χ2n) is 5.29. The van der Waals surface area contributed by atoms with Gasteiger partial charge < -0.3 is 14.8 Å². The van der Waals surface area contributed by atoms with Gasteiger partial charge in [0.1, 0.15) is 13.2 Å². The van der Waals surface area contributed by atoms with Crippen molar-refractivity contribution in [3.05, 3.63) is 41.8 Å². The quantitative estimate of drug-likeness (QED) is 0.668. The summed E-state index contributed by atoms with van der Waals surface area (Å²) < 4.78 is 11.0. The molecule has 1 amide bonds. The molecule has 0 saturated carbocycles. The first-order valence-corrected chi connectivity index (χ1v) is 9.56. The van der Waals surface area contributed by atoms with Crippen LogP contribution < -0.4 is 14.8 Å². The zero-order valence-electron chi connectivity index (χ0n) is 13.2. The molecule has 0 saturated heterocycles. The normalized spacial score (nSPS) is 12.8. The summed E-state index contributed by atoms with van der Waals surface area (Å²) in [5, 5.41) is 11.9. The lowest BCUT2D eigenvalue weighted by Crippen LogP contribution is -2.15. The summed E-state index contributed by atoms with van der Waals surface area (Å²) in [5.41, 5.74) is 0.893. The Kier molecular flexibility index (Phi) is 4.62. The molecule has 1 aliphatic heterocycles. The molecule has 0 radical (unpaired) electrons. The SMILES string of the molecule is O=C(CSc1ccc2c(c1)OCCO2)Nc1cc(-c2cccs2)[nH]n1. The largest absolute Gasteiger partial charge is 0.486 e. The van der Waals surface area contributed by atoms with Crippen molar-refractivity contribution in [2.24, 2.45) is 0 Å². The Hall–Kier alpha value is -2.45. The fourth-order valence-corrected chi connectivity index (χ4v) is 3.80. The van der Waals surface area contributed by atoms with Gasteiger partial charge in [0.15, 0.2) is 17.3 Å². The summed E-state index contributed by atoms with van der Waals surface area (Å²) in [6, 6.07) is 11.5. The van der Waals surface area contributed by atoms with Gasteiger partial charge in [-0.15, -0.1) is 23.1 Å². The van der Waals surface area contributed by atoms with Gasteiger partial charge in [0.2, 0.25) is 5.91 Å². The summed E-state index contributed by atoms with van der Waals surface area (Å²) in [5.74, 6) is 2.18. The van der Waals surface area contributed by atoms with Gasteiger partial charge in [0.25, 0.3) is 0 Å². The van der Waals surface area contributed by atoms with Gasteiger partial charge in [-0.1, -0.05) is 6.07 Å². The lowest BCUT2D eigenvalue weighted by atomic mass is 10.3. The standard InChI is InChI=1S/C17H15N3O3S2/c21-17(18-16-9-12(19-20-16)15-2-1-7-24-15)10-25-11-3-4-13-14(8-11)23-6-5-22-13/h1-4,7-9H,5-6,10H2,(H2,18,19,20,21). The molecule has 0 aliphatic carbocycles. The first-order chi connectivity index (χ1) is 12.3. The number of aromatic amines is 1. The number of carbonyl (C=O) groups excluding carboxylic acids is 1. The molecule has 0 atom stereocenters. The minimum absolute atomic E-state index is 0.107. The average molecular weight is 373 g/mol. The second-order valence-corrected chi connectivity index (χ2v) is 7.28. The molecule has 0 unspecified atom stereocenters. The number of amides is 1. The van der Waals surface area contributed by atoms with E-state index in [-0.39, 0.29) is 5.91 Å². The highest BCUT2D eigenvalue weighted by atomic mass is 32.2. The van der Waals surface area contributed by atoms with Gasteiger partial charge in [0.05, 0.1) is 16.3 Å². The van der Waals surface area contributed by atoms with Crippen molar-refractivity contribution >= 4 is 34.8 Å². The van der Waals surface area contributed by atoms with E-state index >= 15 is 0 Å². The molecule has 4 rings (SSSR count). The monoisotopic (exact) mass is 373 g/mol. The minimum Gasteiger partial charge on any atom is -0.486 e. The Morgan fingerprint density at radius 3 is 2.96 bits per heavy atom. The maximum Gasteiger partial charge on any atom is 0.235 e. The zero-order valence-corrected chi connectivity index (χ0v) is 14.8. The molecule has 1 aliphatic rings. The van der Waals surface area contributed by atoms with E-state index in [0.29, 0.717) is 24.8 Å². The third kappa shape index (κ3) is 3.80. The number of rotatable bonds is 5. The van der Waals surface area contributed by atoms with Crippen LogP contribution in [0.1, 0.15) is 0 Å². The molecule has 6 nitrogen and oxygen atoms in total. The van der Waals surface area contributed by atoms with Crippen LogP contribution in [0.3, 0.4) is 0 Å². The number of hydrogen-bond donors (Lipinski definition) is 2. The predicted octanol–water partition coefficient (Wildman–Crippen LogP) is 3.64. The van der Waals surface area contributed by atoms with E-state index in [9.17, 15) is 4.79 Å². The van der Waals surface area contributed by atoms with Crippen LogP contribution >= 0.6 is 23.1 Å². The fourth-order valence-electron chi connectivity index (χ4n) is 2.39. The molecule has 3 heterocycles. The van der Waals surface area contributed by atoms with Gasteiger partial charge >= 0.3 is 0 Å². The average Bonchev–Trinajstić information content (AvgIpc) is 3.31. The van der Waals surface area contributed by atoms with Gasteiger partial charge in [-0.05, 0) is 29.6 Å². The molecule has 25 heavy (non-hydrogen) atoms.